The van der Waals surface area contributed by atoms with Gasteiger partial charge in [0.25, 0.3) is 0 Å². The molecule has 0 aromatic carbocycles. The lowest BCUT2D eigenvalue weighted by Gasteiger charge is -2.35. The van der Waals surface area contributed by atoms with Crippen LogP contribution in [0.2, 0.25) is 0 Å². The molecule has 14 heavy (non-hydrogen) atoms. The van der Waals surface area contributed by atoms with Gasteiger partial charge in [0.05, 0.1) is 5.60 Å². The lowest BCUT2D eigenvalue weighted by Crippen LogP contribution is -2.44. The molecule has 0 unspecified atom stereocenters. The summed E-state index contributed by atoms with van der Waals surface area (Å²) in [5, 5.41) is 21.0. The Morgan fingerprint density at radius 1 is 1.57 bits per heavy atom. The fourth-order valence-corrected chi connectivity index (χ4v) is 2.71. The second kappa shape index (κ2) is 4.89. The lowest BCUT2D eigenvalue weighted by atomic mass is 9.83. The molecule has 1 aliphatic carbocycles. The third-order valence-corrected chi connectivity index (χ3v) is 3.48. The topological polar surface area (TPSA) is 69.6 Å². The summed E-state index contributed by atoms with van der Waals surface area (Å²) in [6.07, 6.45) is 3.87. The van der Waals surface area contributed by atoms with Gasteiger partial charge in [0.15, 0.2) is 0 Å². The maximum atomic E-state index is 10.4. The summed E-state index contributed by atoms with van der Waals surface area (Å²) in [5.41, 5.74) is -0.573. The van der Waals surface area contributed by atoms with E-state index in [-0.39, 0.29) is 6.04 Å². The van der Waals surface area contributed by atoms with Crippen LogP contribution >= 0.6 is 11.8 Å². The van der Waals surface area contributed by atoms with Crippen LogP contribution in [0.25, 0.3) is 0 Å². The molecule has 0 aromatic heterocycles. The average molecular weight is 219 g/mol. The van der Waals surface area contributed by atoms with E-state index < -0.39 is 11.7 Å². The zero-order chi connectivity index (χ0) is 10.6. The quantitative estimate of drug-likeness (QED) is 0.669. The SMILES string of the molecule is CSC[C@]1(O)CC[C@@H](NC(=O)O)CC1. The highest BCUT2D eigenvalue weighted by Gasteiger charge is 2.32. The summed E-state index contributed by atoms with van der Waals surface area (Å²) in [6, 6.07) is 0.0228. The summed E-state index contributed by atoms with van der Waals surface area (Å²) in [4.78, 5) is 10.4. The van der Waals surface area contributed by atoms with E-state index in [9.17, 15) is 9.90 Å². The van der Waals surface area contributed by atoms with Gasteiger partial charge in [-0.3, -0.25) is 0 Å². The smallest absolute Gasteiger partial charge is 0.404 e. The molecule has 82 valence electrons. The number of carbonyl (C=O) groups is 1. The van der Waals surface area contributed by atoms with E-state index in [0.717, 1.165) is 18.6 Å². The van der Waals surface area contributed by atoms with Crippen LogP contribution in [0.3, 0.4) is 0 Å². The molecule has 1 amide bonds. The van der Waals surface area contributed by atoms with Crippen molar-refractivity contribution in [3.8, 4) is 0 Å². The number of rotatable bonds is 3. The Morgan fingerprint density at radius 3 is 2.57 bits per heavy atom. The Hall–Kier alpha value is -0.420. The molecule has 0 saturated heterocycles. The second-order valence-electron chi connectivity index (χ2n) is 3.88. The standard InChI is InChI=1S/C9H17NO3S/c1-14-6-9(13)4-2-7(3-5-9)10-8(11)12/h7,10,13H,2-6H2,1H3,(H,11,12)/t7-,9+. The maximum absolute atomic E-state index is 10.4. The van der Waals surface area contributed by atoms with Crippen LogP contribution in [0, 0.1) is 0 Å². The van der Waals surface area contributed by atoms with Crippen molar-refractivity contribution in [1.29, 1.82) is 0 Å². The van der Waals surface area contributed by atoms with Gasteiger partial charge in [-0.25, -0.2) is 4.79 Å². The van der Waals surface area contributed by atoms with Crippen molar-refractivity contribution in [1.82, 2.24) is 5.32 Å². The molecule has 0 aromatic rings. The van der Waals surface area contributed by atoms with E-state index in [1.54, 1.807) is 11.8 Å². The minimum absolute atomic E-state index is 0.0228. The Labute approximate surface area is 88.1 Å². The predicted molar refractivity (Wildman–Crippen MR) is 56.7 cm³/mol. The van der Waals surface area contributed by atoms with Crippen molar-refractivity contribution in [3.63, 3.8) is 0 Å². The van der Waals surface area contributed by atoms with Crippen molar-refractivity contribution in [2.45, 2.75) is 37.3 Å². The molecule has 1 saturated carbocycles. The highest BCUT2D eigenvalue weighted by Crippen LogP contribution is 2.30. The molecule has 0 aliphatic heterocycles. The minimum atomic E-state index is -0.967. The Morgan fingerprint density at radius 2 is 2.14 bits per heavy atom. The highest BCUT2D eigenvalue weighted by molar-refractivity contribution is 7.98. The number of hydrogen-bond donors (Lipinski definition) is 3. The van der Waals surface area contributed by atoms with Crippen molar-refractivity contribution in [2.24, 2.45) is 0 Å². The molecule has 5 heteroatoms. The first-order valence-electron chi connectivity index (χ1n) is 4.76. The molecule has 4 nitrogen and oxygen atoms in total. The van der Waals surface area contributed by atoms with Crippen LogP contribution in [0.4, 0.5) is 4.79 Å². The van der Waals surface area contributed by atoms with Gasteiger partial charge < -0.3 is 15.5 Å². The van der Waals surface area contributed by atoms with Crippen LogP contribution in [-0.4, -0.2) is 40.0 Å². The van der Waals surface area contributed by atoms with Crippen LogP contribution in [0.15, 0.2) is 0 Å². The highest BCUT2D eigenvalue weighted by atomic mass is 32.2. The number of carboxylic acid groups (broad SMARTS) is 1. The fourth-order valence-electron chi connectivity index (χ4n) is 1.89. The zero-order valence-corrected chi connectivity index (χ0v) is 9.14. The molecular formula is C9H17NO3S. The Bertz CT molecular complexity index is 202. The van der Waals surface area contributed by atoms with Crippen LogP contribution in [0.5, 0.6) is 0 Å². The average Bonchev–Trinajstić information content (AvgIpc) is 2.09. The number of amides is 1. The largest absolute Gasteiger partial charge is 0.465 e. The van der Waals surface area contributed by atoms with Gasteiger partial charge in [-0.05, 0) is 31.9 Å². The van der Waals surface area contributed by atoms with Gasteiger partial charge in [-0.15, -0.1) is 0 Å². The van der Waals surface area contributed by atoms with Gasteiger partial charge in [0, 0.05) is 11.8 Å². The summed E-state index contributed by atoms with van der Waals surface area (Å²) >= 11 is 1.64. The molecule has 1 aliphatic rings. The molecule has 0 heterocycles. The van der Waals surface area contributed by atoms with Crippen molar-refractivity contribution >= 4 is 17.9 Å². The Kier molecular flexibility index (Phi) is 4.07. The van der Waals surface area contributed by atoms with E-state index in [0.29, 0.717) is 12.8 Å². The van der Waals surface area contributed by atoms with Crippen molar-refractivity contribution in [2.75, 3.05) is 12.0 Å². The monoisotopic (exact) mass is 219 g/mol. The first kappa shape index (κ1) is 11.7. The van der Waals surface area contributed by atoms with Crippen molar-refractivity contribution < 1.29 is 15.0 Å². The summed E-state index contributed by atoms with van der Waals surface area (Å²) in [5.74, 6) is 0.743. The van der Waals surface area contributed by atoms with Gasteiger partial charge in [0.1, 0.15) is 0 Å². The van der Waals surface area contributed by atoms with E-state index in [4.69, 9.17) is 5.11 Å². The Balaban J connectivity index is 2.33. The van der Waals surface area contributed by atoms with Crippen molar-refractivity contribution in [3.05, 3.63) is 0 Å². The normalized spacial score (nSPS) is 32.6. The third-order valence-electron chi connectivity index (χ3n) is 2.66. The third kappa shape index (κ3) is 3.38. The number of thioether (sulfide) groups is 1. The molecule has 3 N–H and O–H groups in total. The van der Waals surface area contributed by atoms with E-state index in [1.807, 2.05) is 6.26 Å². The molecule has 0 radical (unpaired) electrons. The maximum Gasteiger partial charge on any atom is 0.404 e. The number of hydrogen-bond acceptors (Lipinski definition) is 3. The molecule has 0 spiro atoms. The zero-order valence-electron chi connectivity index (χ0n) is 8.32. The van der Waals surface area contributed by atoms with E-state index in [2.05, 4.69) is 5.32 Å². The van der Waals surface area contributed by atoms with E-state index >= 15 is 0 Å². The van der Waals surface area contributed by atoms with Crippen LogP contribution in [0.1, 0.15) is 25.7 Å². The fraction of sp³-hybridized carbons (Fsp3) is 0.889. The minimum Gasteiger partial charge on any atom is -0.465 e. The summed E-state index contributed by atoms with van der Waals surface area (Å²) in [6.45, 7) is 0. The van der Waals surface area contributed by atoms with Gasteiger partial charge in [-0.1, -0.05) is 0 Å². The number of aliphatic hydroxyl groups is 1. The molecular weight excluding hydrogens is 202 g/mol. The summed E-state index contributed by atoms with van der Waals surface area (Å²) < 4.78 is 0. The molecule has 0 atom stereocenters. The second-order valence-corrected chi connectivity index (χ2v) is 4.75. The first-order chi connectivity index (χ1) is 6.56. The summed E-state index contributed by atoms with van der Waals surface area (Å²) in [7, 11) is 0. The molecule has 1 rings (SSSR count). The number of nitrogens with one attached hydrogen (secondary N) is 1. The first-order valence-corrected chi connectivity index (χ1v) is 6.16. The van der Waals surface area contributed by atoms with Gasteiger partial charge in [0.2, 0.25) is 0 Å². The van der Waals surface area contributed by atoms with Crippen LogP contribution < -0.4 is 5.32 Å². The molecule has 0 bridgehead atoms. The van der Waals surface area contributed by atoms with Gasteiger partial charge >= 0.3 is 6.09 Å². The van der Waals surface area contributed by atoms with E-state index in [1.165, 1.54) is 0 Å². The predicted octanol–water partition coefficient (Wildman–Crippen LogP) is 1.29. The van der Waals surface area contributed by atoms with Crippen LogP contribution in [-0.2, 0) is 0 Å². The lowest BCUT2D eigenvalue weighted by molar-refractivity contribution is 0.0190. The van der Waals surface area contributed by atoms with Gasteiger partial charge in [-0.2, -0.15) is 11.8 Å². The molecule has 1 fully saturated rings.